The van der Waals surface area contributed by atoms with Gasteiger partial charge in [-0.05, 0) is 53.6 Å². The fourth-order valence-electron chi connectivity index (χ4n) is 2.52. The number of nitrogens with two attached hydrogens (primary N) is 1. The highest BCUT2D eigenvalue weighted by molar-refractivity contribution is 7.07. The van der Waals surface area contributed by atoms with E-state index in [1.165, 1.54) is 31.2 Å². The summed E-state index contributed by atoms with van der Waals surface area (Å²) in [6.07, 6.45) is 5.29. The molecule has 0 amide bonds. The van der Waals surface area contributed by atoms with Crippen LogP contribution in [0.15, 0.2) is 16.8 Å². The molecule has 2 N–H and O–H groups in total. The minimum Gasteiger partial charge on any atom is -0.376 e. The number of hydrogen-bond acceptors (Lipinski definition) is 3. The van der Waals surface area contributed by atoms with Gasteiger partial charge in [0.05, 0.1) is 13.2 Å². The summed E-state index contributed by atoms with van der Waals surface area (Å²) < 4.78 is 5.80. The molecule has 0 spiro atoms. The van der Waals surface area contributed by atoms with Gasteiger partial charge < -0.3 is 10.5 Å². The summed E-state index contributed by atoms with van der Waals surface area (Å²) in [6.45, 7) is 2.47. The molecule has 1 saturated carbocycles. The maximum Gasteiger partial charge on any atom is 0.0725 e. The Kier molecular flexibility index (Phi) is 4.82. The van der Waals surface area contributed by atoms with Crippen LogP contribution >= 0.6 is 11.3 Å². The molecule has 1 aliphatic rings. The number of rotatable bonds is 5. The molecule has 0 aliphatic heterocycles. The predicted molar refractivity (Wildman–Crippen MR) is 68.5 cm³/mol. The van der Waals surface area contributed by atoms with Crippen molar-refractivity contribution in [3.63, 3.8) is 0 Å². The minimum absolute atomic E-state index is 0.691. The Hall–Kier alpha value is -0.380. The van der Waals surface area contributed by atoms with Gasteiger partial charge in [-0.3, -0.25) is 0 Å². The van der Waals surface area contributed by atoms with E-state index in [-0.39, 0.29) is 0 Å². The van der Waals surface area contributed by atoms with Crippen LogP contribution in [-0.4, -0.2) is 13.2 Å². The zero-order valence-electron chi connectivity index (χ0n) is 9.73. The molecule has 0 radical (unpaired) electrons. The zero-order chi connectivity index (χ0) is 11.2. The molecule has 90 valence electrons. The molecule has 0 saturated heterocycles. The summed E-state index contributed by atoms with van der Waals surface area (Å²) >= 11 is 1.73. The van der Waals surface area contributed by atoms with E-state index >= 15 is 0 Å². The minimum atomic E-state index is 0.691. The van der Waals surface area contributed by atoms with Gasteiger partial charge in [-0.1, -0.05) is 12.8 Å². The van der Waals surface area contributed by atoms with Gasteiger partial charge in [0.15, 0.2) is 0 Å². The summed E-state index contributed by atoms with van der Waals surface area (Å²) in [5, 5.41) is 4.25. The van der Waals surface area contributed by atoms with E-state index in [9.17, 15) is 0 Å². The Morgan fingerprint density at radius 3 is 2.81 bits per heavy atom. The Balaban J connectivity index is 1.71. The molecule has 1 aromatic heterocycles. The topological polar surface area (TPSA) is 35.2 Å². The largest absolute Gasteiger partial charge is 0.376 e. The Morgan fingerprint density at radius 1 is 1.31 bits per heavy atom. The van der Waals surface area contributed by atoms with Gasteiger partial charge in [0.2, 0.25) is 0 Å². The number of ether oxygens (including phenoxy) is 1. The van der Waals surface area contributed by atoms with Crippen LogP contribution in [0.25, 0.3) is 0 Å². The maximum absolute atomic E-state index is 5.81. The standard InChI is InChI=1S/C13H21NOS/c14-7-12-3-1-2-4-13(12)9-15-8-11-5-6-16-10-11/h5-6,10,12-13H,1-4,7-9,14H2. The fraction of sp³-hybridized carbons (Fsp3) is 0.692. The zero-order valence-corrected chi connectivity index (χ0v) is 10.5. The second kappa shape index (κ2) is 6.38. The van der Waals surface area contributed by atoms with Gasteiger partial charge in [0.1, 0.15) is 0 Å². The van der Waals surface area contributed by atoms with E-state index in [0.29, 0.717) is 11.8 Å². The van der Waals surface area contributed by atoms with Crippen LogP contribution in [0.1, 0.15) is 31.2 Å². The predicted octanol–water partition coefficient (Wildman–Crippen LogP) is 3.03. The third-order valence-corrected chi connectivity index (χ3v) is 4.28. The molecule has 2 rings (SSSR count). The van der Waals surface area contributed by atoms with Gasteiger partial charge in [-0.25, -0.2) is 0 Å². The van der Waals surface area contributed by atoms with Crippen LogP contribution in [0, 0.1) is 11.8 Å². The first-order chi connectivity index (χ1) is 7.90. The quantitative estimate of drug-likeness (QED) is 0.857. The first-order valence-corrected chi connectivity index (χ1v) is 7.13. The lowest BCUT2D eigenvalue weighted by atomic mass is 9.80. The lowest BCUT2D eigenvalue weighted by Crippen LogP contribution is -2.29. The van der Waals surface area contributed by atoms with Gasteiger partial charge >= 0.3 is 0 Å². The van der Waals surface area contributed by atoms with E-state index in [1.54, 1.807) is 11.3 Å². The van der Waals surface area contributed by atoms with E-state index in [0.717, 1.165) is 19.8 Å². The van der Waals surface area contributed by atoms with E-state index in [2.05, 4.69) is 16.8 Å². The highest BCUT2D eigenvalue weighted by Gasteiger charge is 2.23. The maximum atomic E-state index is 5.81. The third kappa shape index (κ3) is 3.30. The second-order valence-electron chi connectivity index (χ2n) is 4.69. The number of hydrogen-bond donors (Lipinski definition) is 1. The van der Waals surface area contributed by atoms with E-state index < -0.39 is 0 Å². The van der Waals surface area contributed by atoms with Crippen LogP contribution < -0.4 is 5.73 Å². The van der Waals surface area contributed by atoms with Crippen molar-refractivity contribution in [1.82, 2.24) is 0 Å². The summed E-state index contributed by atoms with van der Waals surface area (Å²) in [6, 6.07) is 2.13. The molecule has 0 bridgehead atoms. The molecule has 1 fully saturated rings. The van der Waals surface area contributed by atoms with Crippen LogP contribution in [0.5, 0.6) is 0 Å². The normalized spacial score (nSPS) is 25.8. The highest BCUT2D eigenvalue weighted by Crippen LogP contribution is 2.29. The Labute approximate surface area is 102 Å². The van der Waals surface area contributed by atoms with Crippen molar-refractivity contribution in [3.05, 3.63) is 22.4 Å². The molecular formula is C13H21NOS. The molecule has 0 aromatic carbocycles. The first-order valence-electron chi connectivity index (χ1n) is 6.19. The van der Waals surface area contributed by atoms with Crippen LogP contribution in [-0.2, 0) is 11.3 Å². The Bertz CT molecular complexity index is 286. The van der Waals surface area contributed by atoms with Crippen LogP contribution in [0.4, 0.5) is 0 Å². The SMILES string of the molecule is NCC1CCCCC1COCc1ccsc1. The van der Waals surface area contributed by atoms with E-state index in [4.69, 9.17) is 10.5 Å². The Morgan fingerprint density at radius 2 is 2.12 bits per heavy atom. The number of thiophene rings is 1. The van der Waals surface area contributed by atoms with Crippen molar-refractivity contribution < 1.29 is 4.74 Å². The summed E-state index contributed by atoms with van der Waals surface area (Å²) in [4.78, 5) is 0. The second-order valence-corrected chi connectivity index (χ2v) is 5.47. The summed E-state index contributed by atoms with van der Waals surface area (Å²) in [5.74, 6) is 1.38. The van der Waals surface area contributed by atoms with Gasteiger partial charge in [0.25, 0.3) is 0 Å². The van der Waals surface area contributed by atoms with Crippen LogP contribution in [0.2, 0.25) is 0 Å². The van der Waals surface area contributed by atoms with Gasteiger partial charge in [0, 0.05) is 0 Å². The summed E-state index contributed by atoms with van der Waals surface area (Å²) in [5.41, 5.74) is 7.10. The molecule has 1 aromatic rings. The molecule has 1 heterocycles. The molecule has 2 nitrogen and oxygen atoms in total. The first kappa shape index (κ1) is 12.1. The van der Waals surface area contributed by atoms with Gasteiger partial charge in [-0.15, -0.1) is 0 Å². The average Bonchev–Trinajstić information content (AvgIpc) is 2.83. The van der Waals surface area contributed by atoms with E-state index in [1.807, 2.05) is 0 Å². The van der Waals surface area contributed by atoms with Crippen molar-refractivity contribution in [2.75, 3.05) is 13.2 Å². The lowest BCUT2D eigenvalue weighted by molar-refractivity contribution is 0.0514. The molecule has 2 atom stereocenters. The molecule has 3 heteroatoms. The lowest BCUT2D eigenvalue weighted by Gasteiger charge is -2.30. The van der Waals surface area contributed by atoms with Crippen LogP contribution in [0.3, 0.4) is 0 Å². The smallest absolute Gasteiger partial charge is 0.0725 e. The molecule has 1 aliphatic carbocycles. The monoisotopic (exact) mass is 239 g/mol. The molecule has 2 unspecified atom stereocenters. The van der Waals surface area contributed by atoms with Crippen molar-refractivity contribution >= 4 is 11.3 Å². The van der Waals surface area contributed by atoms with Crippen molar-refractivity contribution in [2.24, 2.45) is 17.6 Å². The molecule has 16 heavy (non-hydrogen) atoms. The van der Waals surface area contributed by atoms with Crippen molar-refractivity contribution in [2.45, 2.75) is 32.3 Å². The fourth-order valence-corrected chi connectivity index (χ4v) is 3.17. The molecular weight excluding hydrogens is 218 g/mol. The third-order valence-electron chi connectivity index (χ3n) is 3.55. The summed E-state index contributed by atoms with van der Waals surface area (Å²) in [7, 11) is 0. The van der Waals surface area contributed by atoms with Crippen molar-refractivity contribution in [3.8, 4) is 0 Å². The van der Waals surface area contributed by atoms with Gasteiger partial charge in [-0.2, -0.15) is 11.3 Å². The van der Waals surface area contributed by atoms with Crippen molar-refractivity contribution in [1.29, 1.82) is 0 Å². The average molecular weight is 239 g/mol. The highest BCUT2D eigenvalue weighted by atomic mass is 32.1.